The summed E-state index contributed by atoms with van der Waals surface area (Å²) in [6.07, 6.45) is 34.4. The first-order valence-electron chi connectivity index (χ1n) is 21.6. The summed E-state index contributed by atoms with van der Waals surface area (Å²) in [7, 11) is 0. The van der Waals surface area contributed by atoms with Gasteiger partial charge in [-0.1, -0.05) is 150 Å². The molecule has 0 rings (SSSR count). The lowest BCUT2D eigenvalue weighted by atomic mass is 10.0. The van der Waals surface area contributed by atoms with Gasteiger partial charge in [-0.3, -0.25) is 9.59 Å². The zero-order valence-corrected chi connectivity index (χ0v) is 33.4. The van der Waals surface area contributed by atoms with Crippen molar-refractivity contribution in [3.8, 4) is 0 Å². The monoisotopic (exact) mass is 696 g/mol. The van der Waals surface area contributed by atoms with E-state index >= 15 is 0 Å². The summed E-state index contributed by atoms with van der Waals surface area (Å²) in [6.45, 7) is 12.4. The highest BCUT2D eigenvalue weighted by Crippen LogP contribution is 2.18. The molecule has 0 aromatic rings. The van der Waals surface area contributed by atoms with Gasteiger partial charge in [-0.05, 0) is 76.8 Å². The largest absolute Gasteiger partial charge is 0.465 e. The number of carbonyl (C=O) groups is 2. The highest BCUT2D eigenvalue weighted by atomic mass is 16.5. The maximum atomic E-state index is 12.7. The zero-order valence-electron chi connectivity index (χ0n) is 33.4. The van der Waals surface area contributed by atoms with Gasteiger partial charge in [-0.15, -0.1) is 0 Å². The van der Waals surface area contributed by atoms with E-state index in [0.717, 1.165) is 83.7 Å². The van der Waals surface area contributed by atoms with Crippen LogP contribution in [0.25, 0.3) is 0 Å². The van der Waals surface area contributed by atoms with Crippen LogP contribution in [0.5, 0.6) is 0 Å². The summed E-state index contributed by atoms with van der Waals surface area (Å²) in [6, 6.07) is 0. The Morgan fingerprint density at radius 1 is 0.510 bits per heavy atom. The Bertz CT molecular complexity index is 686. The Kier molecular flexibility index (Phi) is 37.2. The molecule has 0 aromatic carbocycles. The van der Waals surface area contributed by atoms with Gasteiger partial charge >= 0.3 is 11.9 Å². The molecule has 292 valence electrons. The third-order valence-corrected chi connectivity index (χ3v) is 10.0. The number of ether oxygens (including phenoxy) is 2. The Balaban J connectivity index is 4.06. The van der Waals surface area contributed by atoms with E-state index in [9.17, 15) is 14.7 Å². The molecule has 0 amide bonds. The van der Waals surface area contributed by atoms with Crippen molar-refractivity contribution in [1.82, 2.24) is 4.90 Å². The highest BCUT2D eigenvalue weighted by molar-refractivity contribution is 5.69. The summed E-state index contributed by atoms with van der Waals surface area (Å²) < 4.78 is 11.5. The van der Waals surface area contributed by atoms with Crippen LogP contribution in [0.4, 0.5) is 0 Å². The fourth-order valence-corrected chi connectivity index (χ4v) is 6.69. The van der Waals surface area contributed by atoms with Crippen LogP contribution in [-0.2, 0) is 19.1 Å². The number of hydrogen-bond donors (Lipinski definition) is 1. The number of rotatable bonds is 39. The molecule has 0 aliphatic rings. The fourth-order valence-electron chi connectivity index (χ4n) is 6.69. The molecule has 0 aromatic heterocycles. The first kappa shape index (κ1) is 47.9. The SMILES string of the molecule is CCCCCCCCC(CCCCCCCC)OC(=O)CCCCCN(CCO)CCCCCCCC(=O)OCC(C)CCCCCCC. The van der Waals surface area contributed by atoms with Gasteiger partial charge in [0.25, 0.3) is 0 Å². The van der Waals surface area contributed by atoms with E-state index < -0.39 is 0 Å². The lowest BCUT2D eigenvalue weighted by Gasteiger charge is -2.21. The van der Waals surface area contributed by atoms with E-state index in [0.29, 0.717) is 31.9 Å². The molecule has 0 bridgehead atoms. The van der Waals surface area contributed by atoms with Crippen molar-refractivity contribution < 1.29 is 24.2 Å². The van der Waals surface area contributed by atoms with Gasteiger partial charge in [0.1, 0.15) is 6.10 Å². The summed E-state index contributed by atoms with van der Waals surface area (Å²) in [5.41, 5.74) is 0. The number of nitrogens with zero attached hydrogens (tertiary/aromatic N) is 1. The molecule has 0 aliphatic carbocycles. The van der Waals surface area contributed by atoms with Crippen LogP contribution in [0.1, 0.15) is 220 Å². The molecule has 0 saturated heterocycles. The van der Waals surface area contributed by atoms with Gasteiger partial charge in [-0.2, -0.15) is 0 Å². The van der Waals surface area contributed by atoms with E-state index in [1.165, 1.54) is 109 Å². The van der Waals surface area contributed by atoms with Gasteiger partial charge in [0, 0.05) is 19.4 Å². The summed E-state index contributed by atoms with van der Waals surface area (Å²) in [4.78, 5) is 27.2. The van der Waals surface area contributed by atoms with Crippen LogP contribution < -0.4 is 0 Å². The Morgan fingerprint density at radius 2 is 0.918 bits per heavy atom. The van der Waals surface area contributed by atoms with Crippen LogP contribution in [0.3, 0.4) is 0 Å². The fraction of sp³-hybridized carbons (Fsp3) is 0.953. The van der Waals surface area contributed by atoms with Gasteiger partial charge in [0.05, 0.1) is 13.2 Å². The highest BCUT2D eigenvalue weighted by Gasteiger charge is 2.15. The third kappa shape index (κ3) is 35.1. The van der Waals surface area contributed by atoms with Crippen molar-refractivity contribution in [3.63, 3.8) is 0 Å². The molecule has 49 heavy (non-hydrogen) atoms. The molecular weight excluding hydrogens is 610 g/mol. The molecule has 6 nitrogen and oxygen atoms in total. The van der Waals surface area contributed by atoms with Crippen molar-refractivity contribution in [1.29, 1.82) is 0 Å². The minimum Gasteiger partial charge on any atom is -0.465 e. The lowest BCUT2D eigenvalue weighted by Crippen LogP contribution is -2.29. The second-order valence-corrected chi connectivity index (χ2v) is 15.1. The number of aliphatic hydroxyl groups excluding tert-OH is 1. The predicted molar refractivity (Wildman–Crippen MR) is 209 cm³/mol. The topological polar surface area (TPSA) is 76.1 Å². The van der Waals surface area contributed by atoms with Crippen LogP contribution in [0.15, 0.2) is 0 Å². The minimum atomic E-state index is -0.0404. The zero-order chi connectivity index (χ0) is 36.0. The predicted octanol–water partition coefficient (Wildman–Crippen LogP) is 12.1. The number of esters is 2. The van der Waals surface area contributed by atoms with Crippen molar-refractivity contribution in [2.24, 2.45) is 5.92 Å². The van der Waals surface area contributed by atoms with Crippen molar-refractivity contribution in [2.45, 2.75) is 226 Å². The number of unbranched alkanes of at least 4 members (excludes halogenated alkanes) is 20. The molecule has 0 fully saturated rings. The Labute approximate surface area is 305 Å². The molecule has 6 heteroatoms. The quantitative estimate of drug-likeness (QED) is 0.0509. The van der Waals surface area contributed by atoms with Gasteiger partial charge in [-0.25, -0.2) is 0 Å². The third-order valence-electron chi connectivity index (χ3n) is 10.0. The van der Waals surface area contributed by atoms with Crippen LogP contribution in [-0.4, -0.2) is 60.9 Å². The van der Waals surface area contributed by atoms with Gasteiger partial charge in [0.15, 0.2) is 0 Å². The van der Waals surface area contributed by atoms with Crippen molar-refractivity contribution in [3.05, 3.63) is 0 Å². The molecule has 1 unspecified atom stereocenters. The smallest absolute Gasteiger partial charge is 0.306 e. The standard InChI is InChI=1S/C43H85NO5/c1-5-8-11-14-18-24-31-41(32-25-19-15-12-9-6-2)49-43(47)34-27-22-29-36-44(37-38-45)35-28-21-16-20-26-33-42(46)48-39-40(4)30-23-17-13-10-7-3/h40-41,45H,5-39H2,1-4H3. The average molecular weight is 696 g/mol. The van der Waals surface area contributed by atoms with E-state index in [4.69, 9.17) is 9.47 Å². The first-order valence-corrected chi connectivity index (χ1v) is 21.6. The summed E-state index contributed by atoms with van der Waals surface area (Å²) in [5.74, 6) is 0.410. The molecule has 0 radical (unpaired) electrons. The molecule has 1 N–H and O–H groups in total. The van der Waals surface area contributed by atoms with E-state index in [1.807, 2.05) is 0 Å². The average Bonchev–Trinajstić information content (AvgIpc) is 3.09. The molecule has 0 spiro atoms. The van der Waals surface area contributed by atoms with E-state index in [2.05, 4.69) is 32.6 Å². The molecular formula is C43H85NO5. The van der Waals surface area contributed by atoms with Crippen LogP contribution >= 0.6 is 0 Å². The Morgan fingerprint density at radius 3 is 1.43 bits per heavy atom. The normalized spacial score (nSPS) is 12.2. The van der Waals surface area contributed by atoms with Crippen molar-refractivity contribution in [2.75, 3.05) is 32.8 Å². The Hall–Kier alpha value is -1.14. The first-order chi connectivity index (χ1) is 24.0. The molecule has 0 aliphatic heterocycles. The number of carbonyl (C=O) groups excluding carboxylic acids is 2. The molecule has 1 atom stereocenters. The van der Waals surface area contributed by atoms with Gasteiger partial charge < -0.3 is 19.5 Å². The second-order valence-electron chi connectivity index (χ2n) is 15.1. The summed E-state index contributed by atoms with van der Waals surface area (Å²) >= 11 is 0. The van der Waals surface area contributed by atoms with Crippen LogP contribution in [0.2, 0.25) is 0 Å². The number of aliphatic hydroxyl groups is 1. The van der Waals surface area contributed by atoms with Crippen LogP contribution in [0, 0.1) is 5.92 Å². The molecule has 0 heterocycles. The lowest BCUT2D eigenvalue weighted by molar-refractivity contribution is -0.150. The maximum Gasteiger partial charge on any atom is 0.306 e. The van der Waals surface area contributed by atoms with E-state index in [1.54, 1.807) is 0 Å². The second kappa shape index (κ2) is 38.1. The maximum absolute atomic E-state index is 12.7. The van der Waals surface area contributed by atoms with Crippen molar-refractivity contribution >= 4 is 11.9 Å². The van der Waals surface area contributed by atoms with E-state index in [-0.39, 0.29) is 24.6 Å². The molecule has 0 saturated carbocycles. The minimum absolute atomic E-state index is 0.00910. The number of hydrogen-bond acceptors (Lipinski definition) is 6. The van der Waals surface area contributed by atoms with Gasteiger partial charge in [0.2, 0.25) is 0 Å². The summed E-state index contributed by atoms with van der Waals surface area (Å²) in [5, 5.41) is 9.56.